The molecule has 0 aliphatic rings. The molecule has 2 rings (SSSR count). The molecule has 0 saturated carbocycles. The second-order valence-electron chi connectivity index (χ2n) is 4.18. The summed E-state index contributed by atoms with van der Waals surface area (Å²) in [4.78, 5) is 21.7. The fraction of sp³-hybridized carbons (Fsp3) is 0. The average Bonchev–Trinajstić information content (AvgIpc) is 2.49. The van der Waals surface area contributed by atoms with Crippen molar-refractivity contribution in [2.45, 2.75) is 0 Å². The third-order valence-corrected chi connectivity index (χ3v) is 2.97. The van der Waals surface area contributed by atoms with Crippen LogP contribution in [0.1, 0.15) is 15.9 Å². The number of rotatable bonds is 4. The van der Waals surface area contributed by atoms with Crippen molar-refractivity contribution < 1.29 is 14.8 Å². The van der Waals surface area contributed by atoms with Gasteiger partial charge in [-0.2, -0.15) is 5.10 Å². The smallest absolute Gasteiger partial charge is 0.311 e. The van der Waals surface area contributed by atoms with Crippen molar-refractivity contribution in [1.29, 1.82) is 0 Å². The van der Waals surface area contributed by atoms with E-state index < -0.39 is 22.3 Å². The van der Waals surface area contributed by atoms with Gasteiger partial charge in [-0.15, -0.1) is 0 Å². The van der Waals surface area contributed by atoms with Gasteiger partial charge in [0, 0.05) is 22.2 Å². The summed E-state index contributed by atoms with van der Waals surface area (Å²) >= 11 is 5.71. The monoisotopic (exact) mass is 319 g/mol. The van der Waals surface area contributed by atoms with E-state index in [1.54, 1.807) is 12.1 Å². The van der Waals surface area contributed by atoms with Crippen LogP contribution in [0.4, 0.5) is 5.69 Å². The molecule has 0 aliphatic carbocycles. The minimum Gasteiger partial charge on any atom is -0.502 e. The van der Waals surface area contributed by atoms with Crippen molar-refractivity contribution in [3.05, 3.63) is 68.7 Å². The first-order chi connectivity index (χ1) is 10.5. The van der Waals surface area contributed by atoms with Gasteiger partial charge in [0.05, 0.1) is 11.1 Å². The minimum absolute atomic E-state index is 0.116. The van der Waals surface area contributed by atoms with E-state index in [0.717, 1.165) is 6.21 Å². The number of carbonyl (C=O) groups excluding carboxylic acids is 1. The van der Waals surface area contributed by atoms with Crippen LogP contribution in [0.2, 0.25) is 5.02 Å². The number of nitrogens with zero attached hydrogens (tertiary/aromatic N) is 2. The number of nitro benzene ring substituents is 1. The zero-order valence-electron chi connectivity index (χ0n) is 11.1. The molecule has 8 heteroatoms. The molecule has 0 saturated heterocycles. The summed E-state index contributed by atoms with van der Waals surface area (Å²) in [5.41, 5.74) is 2.28. The first-order valence-corrected chi connectivity index (χ1v) is 6.42. The van der Waals surface area contributed by atoms with Gasteiger partial charge < -0.3 is 5.11 Å². The van der Waals surface area contributed by atoms with Crippen molar-refractivity contribution in [2.75, 3.05) is 0 Å². The van der Waals surface area contributed by atoms with Gasteiger partial charge >= 0.3 is 5.69 Å². The van der Waals surface area contributed by atoms with Crippen LogP contribution < -0.4 is 5.43 Å². The molecule has 0 radical (unpaired) electrons. The molecule has 2 N–H and O–H groups in total. The Kier molecular flexibility index (Phi) is 4.70. The van der Waals surface area contributed by atoms with E-state index in [9.17, 15) is 20.0 Å². The largest absolute Gasteiger partial charge is 0.502 e. The van der Waals surface area contributed by atoms with Gasteiger partial charge in [-0.3, -0.25) is 14.9 Å². The normalized spacial score (nSPS) is 10.6. The predicted octanol–water partition coefficient (Wildman–Crippen LogP) is 2.72. The Morgan fingerprint density at radius 1 is 1.27 bits per heavy atom. The number of para-hydroxylation sites is 1. The molecule has 0 fully saturated rings. The van der Waals surface area contributed by atoms with Crippen LogP contribution in [0, 0.1) is 10.1 Å². The van der Waals surface area contributed by atoms with E-state index in [2.05, 4.69) is 10.5 Å². The quantitative estimate of drug-likeness (QED) is 0.513. The third-order valence-electron chi connectivity index (χ3n) is 2.72. The molecule has 7 nitrogen and oxygen atoms in total. The Morgan fingerprint density at radius 2 is 1.95 bits per heavy atom. The molecule has 0 unspecified atom stereocenters. The number of phenols is 1. The molecular formula is C14H10ClN3O4. The maximum atomic E-state index is 11.8. The maximum Gasteiger partial charge on any atom is 0.311 e. The lowest BCUT2D eigenvalue weighted by Crippen LogP contribution is -2.17. The fourth-order valence-corrected chi connectivity index (χ4v) is 1.75. The predicted molar refractivity (Wildman–Crippen MR) is 81.3 cm³/mol. The fourth-order valence-electron chi connectivity index (χ4n) is 1.63. The zero-order valence-corrected chi connectivity index (χ0v) is 11.8. The number of halogens is 1. The topological polar surface area (TPSA) is 105 Å². The van der Waals surface area contributed by atoms with Crippen molar-refractivity contribution in [3.63, 3.8) is 0 Å². The standard InChI is InChI=1S/C14H10ClN3O4/c15-11-6-4-9(5-7-11)14(20)17-16-8-10-2-1-3-12(13(10)19)18(21)22/h1-8,19H,(H,17,20)/b16-8-. The van der Waals surface area contributed by atoms with Crippen LogP contribution in [0.3, 0.4) is 0 Å². The van der Waals surface area contributed by atoms with Crippen LogP contribution in [-0.4, -0.2) is 22.2 Å². The van der Waals surface area contributed by atoms with Crippen LogP contribution in [0.25, 0.3) is 0 Å². The summed E-state index contributed by atoms with van der Waals surface area (Å²) < 4.78 is 0. The second kappa shape index (κ2) is 6.68. The molecule has 0 spiro atoms. The molecule has 2 aromatic rings. The number of aromatic hydroxyl groups is 1. The van der Waals surface area contributed by atoms with Gasteiger partial charge in [0.25, 0.3) is 5.91 Å². The molecule has 0 aliphatic heterocycles. The van der Waals surface area contributed by atoms with E-state index in [0.29, 0.717) is 10.6 Å². The molecule has 2 aromatic carbocycles. The Bertz CT molecular complexity index is 744. The number of carbonyl (C=O) groups is 1. The summed E-state index contributed by atoms with van der Waals surface area (Å²) in [6.07, 6.45) is 1.12. The number of phenolic OH excluding ortho intramolecular Hbond substituents is 1. The third kappa shape index (κ3) is 3.58. The Balaban J connectivity index is 2.10. The molecule has 22 heavy (non-hydrogen) atoms. The molecule has 112 valence electrons. The van der Waals surface area contributed by atoms with E-state index in [-0.39, 0.29) is 5.56 Å². The summed E-state index contributed by atoms with van der Waals surface area (Å²) in [5.74, 6) is -0.991. The van der Waals surface area contributed by atoms with Crippen molar-refractivity contribution in [2.24, 2.45) is 5.10 Å². The number of benzene rings is 2. The van der Waals surface area contributed by atoms with E-state index in [4.69, 9.17) is 11.6 Å². The number of amides is 1. The van der Waals surface area contributed by atoms with Crippen molar-refractivity contribution in [1.82, 2.24) is 5.43 Å². The van der Waals surface area contributed by atoms with Gasteiger partial charge in [0.15, 0.2) is 0 Å². The van der Waals surface area contributed by atoms with Crippen molar-refractivity contribution >= 4 is 29.4 Å². The summed E-state index contributed by atoms with van der Waals surface area (Å²) in [5, 5.41) is 24.6. The minimum atomic E-state index is -0.709. The second-order valence-corrected chi connectivity index (χ2v) is 4.61. The Hall–Kier alpha value is -2.93. The molecule has 0 heterocycles. The lowest BCUT2D eigenvalue weighted by Gasteiger charge is -2.01. The van der Waals surface area contributed by atoms with Gasteiger partial charge in [0.1, 0.15) is 0 Å². The van der Waals surface area contributed by atoms with Crippen LogP contribution in [0.15, 0.2) is 47.6 Å². The van der Waals surface area contributed by atoms with Gasteiger partial charge in [-0.25, -0.2) is 5.43 Å². The first kappa shape index (κ1) is 15.5. The van der Waals surface area contributed by atoms with E-state index >= 15 is 0 Å². The molecule has 0 bridgehead atoms. The summed E-state index contributed by atoms with van der Waals surface area (Å²) in [7, 11) is 0. The van der Waals surface area contributed by atoms with E-state index in [1.165, 1.54) is 30.3 Å². The lowest BCUT2D eigenvalue weighted by atomic mass is 10.2. The highest BCUT2D eigenvalue weighted by atomic mass is 35.5. The molecule has 0 atom stereocenters. The number of hydrazone groups is 1. The lowest BCUT2D eigenvalue weighted by molar-refractivity contribution is -0.385. The van der Waals surface area contributed by atoms with Gasteiger partial charge in [-0.05, 0) is 30.3 Å². The van der Waals surface area contributed by atoms with E-state index in [1.807, 2.05) is 0 Å². The maximum absolute atomic E-state index is 11.8. The number of hydrogen-bond acceptors (Lipinski definition) is 5. The van der Waals surface area contributed by atoms with Gasteiger partial charge in [0.2, 0.25) is 5.75 Å². The Labute approximate surface area is 130 Å². The first-order valence-electron chi connectivity index (χ1n) is 6.04. The summed E-state index contributed by atoms with van der Waals surface area (Å²) in [6, 6.07) is 10.2. The number of nitrogens with one attached hydrogen (secondary N) is 1. The Morgan fingerprint density at radius 3 is 2.59 bits per heavy atom. The number of nitro groups is 1. The van der Waals surface area contributed by atoms with Gasteiger partial charge in [-0.1, -0.05) is 17.7 Å². The highest BCUT2D eigenvalue weighted by molar-refractivity contribution is 6.30. The van der Waals surface area contributed by atoms with Crippen LogP contribution in [-0.2, 0) is 0 Å². The molecule has 1 amide bonds. The van der Waals surface area contributed by atoms with Crippen LogP contribution in [0.5, 0.6) is 5.75 Å². The summed E-state index contributed by atoms with van der Waals surface area (Å²) in [6.45, 7) is 0. The van der Waals surface area contributed by atoms with Crippen molar-refractivity contribution in [3.8, 4) is 5.75 Å². The molecular weight excluding hydrogens is 310 g/mol. The average molecular weight is 320 g/mol. The molecule has 0 aromatic heterocycles. The highest BCUT2D eigenvalue weighted by Crippen LogP contribution is 2.27. The van der Waals surface area contributed by atoms with Crippen LogP contribution >= 0.6 is 11.6 Å². The zero-order chi connectivity index (χ0) is 16.1. The number of hydrogen-bond donors (Lipinski definition) is 2. The highest BCUT2D eigenvalue weighted by Gasteiger charge is 2.15. The SMILES string of the molecule is O=C(N/N=C\c1cccc([N+](=O)[O-])c1O)c1ccc(Cl)cc1.